The molecule has 0 aliphatic carbocycles. The lowest BCUT2D eigenvalue weighted by molar-refractivity contribution is 0.508. The molecule has 0 bridgehead atoms. The highest BCUT2D eigenvalue weighted by Gasteiger charge is 2.13. The summed E-state index contributed by atoms with van der Waals surface area (Å²) in [4.78, 5) is 0. The van der Waals surface area contributed by atoms with Gasteiger partial charge in [-0.1, -0.05) is 58.8 Å². The molecule has 2 unspecified atom stereocenters. The Morgan fingerprint density at radius 2 is 1.47 bits per heavy atom. The largest absolute Gasteiger partial charge is 0.306 e. The number of rotatable bonds is 10. The monoisotopic (exact) mass is 234 g/mol. The van der Waals surface area contributed by atoms with Crippen molar-refractivity contribution in [2.24, 2.45) is 0 Å². The fraction of sp³-hybridized carbons (Fsp3) is 1.00. The molecule has 0 rings (SSSR count). The van der Waals surface area contributed by atoms with E-state index in [1.54, 1.807) is 0 Å². The van der Waals surface area contributed by atoms with Crippen LogP contribution in [0.1, 0.15) is 71.6 Å². The zero-order valence-corrected chi connectivity index (χ0v) is 11.0. The predicted molar refractivity (Wildman–Crippen MR) is 67.5 cm³/mol. The average molecular weight is 234 g/mol. The lowest BCUT2D eigenvalue weighted by atomic mass is 10.1. The van der Waals surface area contributed by atoms with Gasteiger partial charge in [0.1, 0.15) is 0 Å². The summed E-state index contributed by atoms with van der Waals surface area (Å²) in [6.07, 6.45) is 10.2. The van der Waals surface area contributed by atoms with Crippen LogP contribution in [0.3, 0.4) is 0 Å². The molecule has 0 aromatic carbocycles. The van der Waals surface area contributed by atoms with Gasteiger partial charge in [-0.25, -0.2) is 4.21 Å². The van der Waals surface area contributed by atoms with Gasteiger partial charge in [0.25, 0.3) is 0 Å². The molecule has 0 amide bonds. The molecule has 0 aromatic rings. The first kappa shape index (κ1) is 15.1. The van der Waals surface area contributed by atoms with Crippen molar-refractivity contribution in [2.45, 2.75) is 76.9 Å². The van der Waals surface area contributed by atoms with Gasteiger partial charge in [0.05, 0.1) is 5.25 Å². The van der Waals surface area contributed by atoms with Gasteiger partial charge in [0.2, 0.25) is 0 Å². The SMILES string of the molecule is CCCCCCCC(CCCC)S(=O)O. The molecular weight excluding hydrogens is 208 g/mol. The Bertz CT molecular complexity index is 160. The minimum Gasteiger partial charge on any atom is -0.306 e. The molecular formula is C12H26O2S. The van der Waals surface area contributed by atoms with Crippen LogP contribution in [0.25, 0.3) is 0 Å². The second-order valence-electron chi connectivity index (χ2n) is 4.24. The smallest absolute Gasteiger partial charge is 0.155 e. The second kappa shape index (κ2) is 10.6. The average Bonchev–Trinajstić information content (AvgIpc) is 2.21. The Hall–Kier alpha value is 0.110. The summed E-state index contributed by atoms with van der Waals surface area (Å²) in [5.74, 6) is 0. The van der Waals surface area contributed by atoms with E-state index in [1.165, 1.54) is 25.7 Å². The molecule has 15 heavy (non-hydrogen) atoms. The molecule has 2 atom stereocenters. The van der Waals surface area contributed by atoms with Gasteiger partial charge in [0, 0.05) is 0 Å². The van der Waals surface area contributed by atoms with Crippen LogP contribution in [0.4, 0.5) is 0 Å². The Morgan fingerprint density at radius 3 is 2.00 bits per heavy atom. The summed E-state index contributed by atoms with van der Waals surface area (Å²) < 4.78 is 20.2. The van der Waals surface area contributed by atoms with Crippen molar-refractivity contribution in [3.05, 3.63) is 0 Å². The number of hydrogen-bond acceptors (Lipinski definition) is 1. The van der Waals surface area contributed by atoms with Crippen LogP contribution >= 0.6 is 0 Å². The van der Waals surface area contributed by atoms with Gasteiger partial charge in [0.15, 0.2) is 11.1 Å². The molecule has 0 fully saturated rings. The predicted octanol–water partition coefficient (Wildman–Crippen LogP) is 4.13. The van der Waals surface area contributed by atoms with Crippen LogP contribution in [-0.4, -0.2) is 14.0 Å². The first-order valence-electron chi connectivity index (χ1n) is 6.32. The zero-order valence-electron chi connectivity index (χ0n) is 10.2. The highest BCUT2D eigenvalue weighted by Crippen LogP contribution is 2.15. The molecule has 0 saturated heterocycles. The van der Waals surface area contributed by atoms with Crippen molar-refractivity contribution in [1.82, 2.24) is 0 Å². The van der Waals surface area contributed by atoms with E-state index >= 15 is 0 Å². The summed E-state index contributed by atoms with van der Waals surface area (Å²) in [5.41, 5.74) is 0. The maximum atomic E-state index is 11.0. The first-order chi connectivity index (χ1) is 7.22. The van der Waals surface area contributed by atoms with Crippen LogP contribution < -0.4 is 0 Å². The highest BCUT2D eigenvalue weighted by molar-refractivity contribution is 7.79. The van der Waals surface area contributed by atoms with Crippen molar-refractivity contribution < 1.29 is 8.76 Å². The molecule has 0 saturated carbocycles. The summed E-state index contributed by atoms with van der Waals surface area (Å²) in [5, 5.41) is 0.0200. The minimum absolute atomic E-state index is 0.0200. The fourth-order valence-electron chi connectivity index (χ4n) is 1.75. The minimum atomic E-state index is -1.61. The Labute approximate surface area is 97.1 Å². The molecule has 3 heteroatoms. The summed E-state index contributed by atoms with van der Waals surface area (Å²) in [7, 11) is 0. The van der Waals surface area contributed by atoms with Crippen molar-refractivity contribution in [1.29, 1.82) is 0 Å². The second-order valence-corrected chi connectivity index (χ2v) is 5.46. The van der Waals surface area contributed by atoms with Gasteiger partial charge in [-0.15, -0.1) is 0 Å². The standard InChI is InChI=1S/C12H26O2S/c1-3-5-7-8-9-11-12(15(13)14)10-6-4-2/h12H,3-11H2,1-2H3,(H,13,14). The summed E-state index contributed by atoms with van der Waals surface area (Å²) in [6.45, 7) is 4.32. The van der Waals surface area contributed by atoms with Crippen molar-refractivity contribution in [3.8, 4) is 0 Å². The van der Waals surface area contributed by atoms with E-state index in [4.69, 9.17) is 4.55 Å². The van der Waals surface area contributed by atoms with Crippen molar-refractivity contribution in [3.63, 3.8) is 0 Å². The van der Waals surface area contributed by atoms with Gasteiger partial charge in [-0.3, -0.25) is 0 Å². The van der Waals surface area contributed by atoms with E-state index in [0.717, 1.165) is 32.1 Å². The van der Waals surface area contributed by atoms with Crippen LogP contribution in [0.15, 0.2) is 0 Å². The van der Waals surface area contributed by atoms with E-state index in [-0.39, 0.29) is 5.25 Å². The van der Waals surface area contributed by atoms with Crippen LogP contribution in [0, 0.1) is 0 Å². The van der Waals surface area contributed by atoms with Crippen LogP contribution in [0.2, 0.25) is 0 Å². The third kappa shape index (κ3) is 9.06. The lowest BCUT2D eigenvalue weighted by Crippen LogP contribution is -2.14. The Morgan fingerprint density at radius 1 is 0.933 bits per heavy atom. The van der Waals surface area contributed by atoms with E-state index in [1.807, 2.05) is 0 Å². The molecule has 92 valence electrons. The maximum absolute atomic E-state index is 11.0. The van der Waals surface area contributed by atoms with Gasteiger partial charge >= 0.3 is 0 Å². The first-order valence-corrected chi connectivity index (χ1v) is 7.49. The topological polar surface area (TPSA) is 37.3 Å². The quantitative estimate of drug-likeness (QED) is 0.456. The van der Waals surface area contributed by atoms with E-state index < -0.39 is 11.1 Å². The Balaban J connectivity index is 3.53. The Kier molecular flexibility index (Phi) is 10.7. The van der Waals surface area contributed by atoms with Gasteiger partial charge < -0.3 is 4.55 Å². The van der Waals surface area contributed by atoms with Gasteiger partial charge in [-0.05, 0) is 12.8 Å². The maximum Gasteiger partial charge on any atom is 0.155 e. The van der Waals surface area contributed by atoms with Crippen LogP contribution in [0.5, 0.6) is 0 Å². The van der Waals surface area contributed by atoms with Gasteiger partial charge in [-0.2, -0.15) is 0 Å². The normalized spacial score (nSPS) is 15.1. The van der Waals surface area contributed by atoms with E-state index in [2.05, 4.69) is 13.8 Å². The van der Waals surface area contributed by atoms with Crippen molar-refractivity contribution >= 4 is 11.1 Å². The molecule has 0 aliphatic rings. The summed E-state index contributed by atoms with van der Waals surface area (Å²) >= 11 is -1.61. The third-order valence-corrected chi connectivity index (χ3v) is 3.84. The van der Waals surface area contributed by atoms with E-state index in [0.29, 0.717) is 0 Å². The third-order valence-electron chi connectivity index (χ3n) is 2.79. The molecule has 2 nitrogen and oxygen atoms in total. The van der Waals surface area contributed by atoms with Crippen LogP contribution in [-0.2, 0) is 11.1 Å². The summed E-state index contributed by atoms with van der Waals surface area (Å²) in [6, 6.07) is 0. The van der Waals surface area contributed by atoms with E-state index in [9.17, 15) is 4.21 Å². The molecule has 0 aliphatic heterocycles. The number of unbranched alkanes of at least 4 members (excludes halogenated alkanes) is 5. The molecule has 0 aromatic heterocycles. The molecule has 1 N–H and O–H groups in total. The van der Waals surface area contributed by atoms with Crippen molar-refractivity contribution in [2.75, 3.05) is 0 Å². The lowest BCUT2D eigenvalue weighted by Gasteiger charge is -2.11. The molecule has 0 radical (unpaired) electrons. The number of hydrogen-bond donors (Lipinski definition) is 1. The highest BCUT2D eigenvalue weighted by atomic mass is 32.2. The fourth-order valence-corrected chi connectivity index (χ4v) is 2.49. The zero-order chi connectivity index (χ0) is 11.5. The molecule has 0 heterocycles. The molecule has 0 spiro atoms.